The Bertz CT molecular complexity index is 337. The van der Waals surface area contributed by atoms with Gasteiger partial charge in [0, 0.05) is 20.1 Å². The van der Waals surface area contributed by atoms with E-state index in [4.69, 9.17) is 5.11 Å². The summed E-state index contributed by atoms with van der Waals surface area (Å²) in [7, 11) is 1.54. The molecule has 5 nitrogen and oxygen atoms in total. The monoisotopic (exact) mass is 242 g/mol. The number of amides is 2. The van der Waals surface area contributed by atoms with Crippen LogP contribution in [-0.2, 0) is 4.79 Å². The number of hydrogen-bond donors (Lipinski definition) is 1. The van der Waals surface area contributed by atoms with E-state index in [0.717, 1.165) is 6.42 Å². The highest BCUT2D eigenvalue weighted by atomic mass is 16.4. The van der Waals surface area contributed by atoms with Gasteiger partial charge in [-0.1, -0.05) is 13.8 Å². The molecule has 1 heterocycles. The topological polar surface area (TPSA) is 60.9 Å². The number of hydrogen-bond acceptors (Lipinski definition) is 2. The summed E-state index contributed by atoms with van der Waals surface area (Å²) in [5.41, 5.74) is -1.05. The molecule has 0 aromatic heterocycles. The number of carboxylic acids is 1. The van der Waals surface area contributed by atoms with Crippen molar-refractivity contribution in [2.24, 2.45) is 5.41 Å². The van der Waals surface area contributed by atoms with E-state index in [1.165, 1.54) is 18.7 Å². The number of urea groups is 1. The lowest BCUT2D eigenvalue weighted by molar-refractivity contribution is -0.147. The number of carbonyl (C=O) groups is 2. The average Bonchev–Trinajstić information content (AvgIpc) is 2.56. The van der Waals surface area contributed by atoms with Crippen molar-refractivity contribution >= 4 is 12.0 Å². The summed E-state index contributed by atoms with van der Waals surface area (Å²) in [5.74, 6) is -0.994. The van der Waals surface area contributed by atoms with Crippen LogP contribution in [0.1, 0.15) is 34.1 Å². The molecule has 0 spiro atoms. The van der Waals surface area contributed by atoms with Crippen molar-refractivity contribution < 1.29 is 14.7 Å². The maximum absolute atomic E-state index is 12.2. The normalized spacial score (nSPS) is 19.2. The summed E-state index contributed by atoms with van der Waals surface area (Å²) in [4.78, 5) is 26.3. The van der Waals surface area contributed by atoms with Crippen molar-refractivity contribution in [2.45, 2.75) is 39.7 Å². The van der Waals surface area contributed by atoms with Gasteiger partial charge in [0.15, 0.2) is 0 Å². The van der Waals surface area contributed by atoms with Gasteiger partial charge in [-0.2, -0.15) is 0 Å². The molecule has 0 aliphatic carbocycles. The lowest BCUT2D eigenvalue weighted by Gasteiger charge is -2.35. The maximum Gasteiger partial charge on any atom is 0.329 e. The van der Waals surface area contributed by atoms with Crippen molar-refractivity contribution in [3.8, 4) is 0 Å². The van der Waals surface area contributed by atoms with Crippen LogP contribution in [0.15, 0.2) is 0 Å². The van der Waals surface area contributed by atoms with E-state index in [2.05, 4.69) is 13.8 Å². The van der Waals surface area contributed by atoms with Crippen LogP contribution in [0.4, 0.5) is 4.79 Å². The molecule has 5 heteroatoms. The van der Waals surface area contributed by atoms with Crippen LogP contribution in [-0.4, -0.2) is 52.6 Å². The van der Waals surface area contributed by atoms with Gasteiger partial charge in [0.1, 0.15) is 5.54 Å². The van der Waals surface area contributed by atoms with Gasteiger partial charge in [0.25, 0.3) is 0 Å². The first-order valence-corrected chi connectivity index (χ1v) is 5.84. The number of aliphatic carboxylic acids is 1. The maximum atomic E-state index is 12.2. The summed E-state index contributed by atoms with van der Waals surface area (Å²) in [6.07, 6.45) is 0.958. The Balaban J connectivity index is 2.75. The highest BCUT2D eigenvalue weighted by Gasteiger charge is 2.40. The molecule has 17 heavy (non-hydrogen) atoms. The highest BCUT2D eigenvalue weighted by molar-refractivity contribution is 5.85. The van der Waals surface area contributed by atoms with E-state index in [1.807, 2.05) is 0 Å². The molecule has 1 N–H and O–H groups in total. The second-order valence-corrected chi connectivity index (χ2v) is 6.04. The molecule has 98 valence electrons. The third-order valence-corrected chi connectivity index (χ3v) is 3.60. The molecule has 1 fully saturated rings. The number of likely N-dealkylation sites (N-methyl/N-ethyl adjacent to an activating group) is 1. The minimum absolute atomic E-state index is 0.129. The Labute approximate surface area is 102 Å². The molecule has 0 radical (unpaired) electrons. The first-order chi connectivity index (χ1) is 7.58. The fraction of sp³-hybridized carbons (Fsp3) is 0.833. The largest absolute Gasteiger partial charge is 0.480 e. The Hall–Kier alpha value is -1.26. The standard InChI is InChI=1S/C12H22N2O3/c1-11(2)6-7-14(8-11)10(17)13(5)12(3,4)9(15)16/h6-8H2,1-5H3,(H,15,16). The van der Waals surface area contributed by atoms with E-state index < -0.39 is 11.5 Å². The minimum Gasteiger partial charge on any atom is -0.480 e. The van der Waals surface area contributed by atoms with Gasteiger partial charge in [-0.3, -0.25) is 0 Å². The number of nitrogens with zero attached hydrogens (tertiary/aromatic N) is 2. The fourth-order valence-corrected chi connectivity index (χ4v) is 1.87. The molecule has 1 aliphatic rings. The van der Waals surface area contributed by atoms with Crippen molar-refractivity contribution in [1.29, 1.82) is 0 Å². The summed E-state index contributed by atoms with van der Waals surface area (Å²) in [6, 6.07) is -0.206. The Morgan fingerprint density at radius 1 is 1.35 bits per heavy atom. The molecule has 2 amide bonds. The van der Waals surface area contributed by atoms with Gasteiger partial charge >= 0.3 is 12.0 Å². The van der Waals surface area contributed by atoms with Crippen LogP contribution in [0.25, 0.3) is 0 Å². The summed E-state index contributed by atoms with van der Waals surface area (Å²) < 4.78 is 0. The van der Waals surface area contributed by atoms with Crippen molar-refractivity contribution in [3.63, 3.8) is 0 Å². The van der Waals surface area contributed by atoms with Gasteiger partial charge in [0.05, 0.1) is 0 Å². The Morgan fingerprint density at radius 2 is 1.88 bits per heavy atom. The average molecular weight is 242 g/mol. The van der Waals surface area contributed by atoms with E-state index in [-0.39, 0.29) is 11.4 Å². The van der Waals surface area contributed by atoms with Crippen LogP contribution in [0.3, 0.4) is 0 Å². The number of carboxylic acid groups (broad SMARTS) is 1. The molecule has 1 rings (SSSR count). The highest BCUT2D eigenvalue weighted by Crippen LogP contribution is 2.30. The zero-order valence-electron chi connectivity index (χ0n) is 11.3. The third-order valence-electron chi connectivity index (χ3n) is 3.60. The zero-order valence-corrected chi connectivity index (χ0v) is 11.3. The lowest BCUT2D eigenvalue weighted by atomic mass is 9.93. The molecular formula is C12H22N2O3. The molecule has 1 aliphatic heterocycles. The molecule has 0 aromatic carbocycles. The quantitative estimate of drug-likeness (QED) is 0.800. The zero-order chi connectivity index (χ0) is 13.4. The molecule has 0 aromatic rings. The predicted octanol–water partition coefficient (Wildman–Crippen LogP) is 1.63. The molecule has 0 bridgehead atoms. The van der Waals surface area contributed by atoms with Crippen molar-refractivity contribution in [2.75, 3.05) is 20.1 Å². The van der Waals surface area contributed by atoms with Crippen molar-refractivity contribution in [1.82, 2.24) is 9.80 Å². The van der Waals surface area contributed by atoms with E-state index in [0.29, 0.717) is 13.1 Å². The summed E-state index contributed by atoms with van der Waals surface area (Å²) >= 11 is 0. The van der Waals surface area contributed by atoms with Gasteiger partial charge in [0.2, 0.25) is 0 Å². The number of rotatable bonds is 2. The van der Waals surface area contributed by atoms with Crippen LogP contribution in [0.5, 0.6) is 0 Å². The van der Waals surface area contributed by atoms with E-state index in [1.54, 1.807) is 11.9 Å². The minimum atomic E-state index is -1.18. The molecule has 0 unspecified atom stereocenters. The van der Waals surface area contributed by atoms with Gasteiger partial charge < -0.3 is 14.9 Å². The van der Waals surface area contributed by atoms with Crippen LogP contribution >= 0.6 is 0 Å². The molecule has 0 saturated carbocycles. The van der Waals surface area contributed by atoms with Gasteiger partial charge in [-0.05, 0) is 25.7 Å². The van der Waals surface area contributed by atoms with Gasteiger partial charge in [-0.15, -0.1) is 0 Å². The van der Waals surface area contributed by atoms with Crippen LogP contribution < -0.4 is 0 Å². The number of carbonyl (C=O) groups excluding carboxylic acids is 1. The van der Waals surface area contributed by atoms with Crippen molar-refractivity contribution in [3.05, 3.63) is 0 Å². The fourth-order valence-electron chi connectivity index (χ4n) is 1.87. The lowest BCUT2D eigenvalue weighted by Crippen LogP contribution is -2.54. The van der Waals surface area contributed by atoms with Crippen LogP contribution in [0, 0.1) is 5.41 Å². The van der Waals surface area contributed by atoms with E-state index >= 15 is 0 Å². The first-order valence-electron chi connectivity index (χ1n) is 5.84. The first kappa shape index (κ1) is 13.8. The Morgan fingerprint density at radius 3 is 2.24 bits per heavy atom. The summed E-state index contributed by atoms with van der Waals surface area (Å²) in [6.45, 7) is 8.69. The van der Waals surface area contributed by atoms with Gasteiger partial charge in [-0.25, -0.2) is 9.59 Å². The SMILES string of the molecule is CN(C(=O)N1CCC(C)(C)C1)C(C)(C)C(=O)O. The Kier molecular flexibility index (Phi) is 3.41. The number of likely N-dealkylation sites (tertiary alicyclic amines) is 1. The third kappa shape index (κ3) is 2.70. The molecule has 1 saturated heterocycles. The second-order valence-electron chi connectivity index (χ2n) is 6.04. The predicted molar refractivity (Wildman–Crippen MR) is 64.8 cm³/mol. The van der Waals surface area contributed by atoms with E-state index in [9.17, 15) is 9.59 Å². The van der Waals surface area contributed by atoms with Crippen LogP contribution in [0.2, 0.25) is 0 Å². The molecule has 0 atom stereocenters. The second kappa shape index (κ2) is 4.20. The summed E-state index contributed by atoms with van der Waals surface area (Å²) in [5, 5.41) is 9.09. The molecular weight excluding hydrogens is 220 g/mol. The smallest absolute Gasteiger partial charge is 0.329 e.